The van der Waals surface area contributed by atoms with E-state index in [1.165, 1.54) is 0 Å². The minimum atomic E-state index is -1.27. The summed E-state index contributed by atoms with van der Waals surface area (Å²) in [4.78, 5) is 22.5. The molecule has 0 aromatic rings. The van der Waals surface area contributed by atoms with Crippen LogP contribution in [0, 0.1) is 11.8 Å². The van der Waals surface area contributed by atoms with Crippen molar-refractivity contribution in [3.05, 3.63) is 11.1 Å². The topological polar surface area (TPSA) is 74.6 Å². The van der Waals surface area contributed by atoms with E-state index in [0.29, 0.717) is 0 Å². The van der Waals surface area contributed by atoms with Crippen molar-refractivity contribution in [3.63, 3.8) is 0 Å². The zero-order valence-corrected chi connectivity index (χ0v) is 10.5. The molecule has 2 saturated carbocycles. The van der Waals surface area contributed by atoms with E-state index in [1.54, 1.807) is 0 Å². The van der Waals surface area contributed by atoms with Crippen LogP contribution in [0.15, 0.2) is 11.1 Å². The molecule has 0 atom stereocenters. The van der Waals surface area contributed by atoms with E-state index in [9.17, 15) is 19.8 Å². The SMILES string of the molecule is O=C(O)C(C(=O)O)=C(C1CCCC1)C1CCCC1. The van der Waals surface area contributed by atoms with Gasteiger partial charge in [0.15, 0.2) is 0 Å². The van der Waals surface area contributed by atoms with Gasteiger partial charge in [-0.3, -0.25) is 0 Å². The summed E-state index contributed by atoms with van der Waals surface area (Å²) in [6.07, 6.45) is 8.18. The second-order valence-corrected chi connectivity index (χ2v) is 5.40. The van der Waals surface area contributed by atoms with Gasteiger partial charge in [0.2, 0.25) is 0 Å². The summed E-state index contributed by atoms with van der Waals surface area (Å²) in [6, 6.07) is 0. The number of hydrogen-bond donors (Lipinski definition) is 2. The fourth-order valence-corrected chi connectivity index (χ4v) is 3.55. The van der Waals surface area contributed by atoms with Crippen molar-refractivity contribution in [2.24, 2.45) is 11.8 Å². The molecule has 0 aromatic carbocycles. The highest BCUT2D eigenvalue weighted by Gasteiger charge is 2.34. The molecule has 2 aliphatic rings. The van der Waals surface area contributed by atoms with Crippen molar-refractivity contribution in [3.8, 4) is 0 Å². The third-order valence-electron chi connectivity index (χ3n) is 4.31. The van der Waals surface area contributed by atoms with Crippen LogP contribution in [0.25, 0.3) is 0 Å². The van der Waals surface area contributed by atoms with Crippen LogP contribution in [0.3, 0.4) is 0 Å². The van der Waals surface area contributed by atoms with Crippen LogP contribution in [0.4, 0.5) is 0 Å². The minimum Gasteiger partial charge on any atom is -0.477 e. The summed E-state index contributed by atoms with van der Waals surface area (Å²) in [5, 5.41) is 18.4. The molecule has 0 spiro atoms. The Morgan fingerprint density at radius 2 is 1.06 bits per heavy atom. The number of carboxylic acids is 2. The maximum Gasteiger partial charge on any atom is 0.343 e. The average Bonchev–Trinajstić information content (AvgIpc) is 2.98. The largest absolute Gasteiger partial charge is 0.477 e. The molecule has 0 unspecified atom stereocenters. The van der Waals surface area contributed by atoms with E-state index < -0.39 is 11.9 Å². The maximum absolute atomic E-state index is 11.3. The van der Waals surface area contributed by atoms with E-state index in [0.717, 1.165) is 56.9 Å². The molecule has 0 aliphatic heterocycles. The third kappa shape index (κ3) is 2.57. The minimum absolute atomic E-state index is 0.190. The van der Waals surface area contributed by atoms with Gasteiger partial charge in [0, 0.05) is 0 Å². The monoisotopic (exact) mass is 252 g/mol. The molecular weight excluding hydrogens is 232 g/mol. The first-order valence-electron chi connectivity index (χ1n) is 6.82. The van der Waals surface area contributed by atoms with Gasteiger partial charge < -0.3 is 10.2 Å². The third-order valence-corrected chi connectivity index (χ3v) is 4.31. The second kappa shape index (κ2) is 5.55. The molecule has 0 radical (unpaired) electrons. The van der Waals surface area contributed by atoms with Gasteiger partial charge in [0.05, 0.1) is 0 Å². The molecule has 4 heteroatoms. The summed E-state index contributed by atoms with van der Waals surface area (Å²) in [7, 11) is 0. The number of hydrogen-bond acceptors (Lipinski definition) is 2. The first-order valence-corrected chi connectivity index (χ1v) is 6.82. The van der Waals surface area contributed by atoms with Crippen molar-refractivity contribution >= 4 is 11.9 Å². The van der Waals surface area contributed by atoms with Gasteiger partial charge in [-0.25, -0.2) is 9.59 Å². The van der Waals surface area contributed by atoms with Crippen LogP contribution in [-0.4, -0.2) is 22.2 Å². The first kappa shape index (κ1) is 13.1. The van der Waals surface area contributed by atoms with Crippen molar-refractivity contribution in [1.82, 2.24) is 0 Å². The van der Waals surface area contributed by atoms with Crippen molar-refractivity contribution in [2.45, 2.75) is 51.4 Å². The van der Waals surface area contributed by atoms with Crippen LogP contribution in [0.5, 0.6) is 0 Å². The van der Waals surface area contributed by atoms with E-state index in [2.05, 4.69) is 0 Å². The highest BCUT2D eigenvalue weighted by atomic mass is 16.4. The fourth-order valence-electron chi connectivity index (χ4n) is 3.55. The quantitative estimate of drug-likeness (QED) is 0.458. The molecule has 2 fully saturated rings. The summed E-state index contributed by atoms with van der Waals surface area (Å²) in [5.74, 6) is -2.15. The van der Waals surface area contributed by atoms with Crippen molar-refractivity contribution in [1.29, 1.82) is 0 Å². The number of allylic oxidation sites excluding steroid dienone is 1. The fraction of sp³-hybridized carbons (Fsp3) is 0.714. The Morgan fingerprint density at radius 3 is 1.33 bits per heavy atom. The van der Waals surface area contributed by atoms with Gasteiger partial charge in [-0.05, 0) is 43.1 Å². The van der Waals surface area contributed by atoms with E-state index in [1.807, 2.05) is 0 Å². The van der Waals surface area contributed by atoms with Gasteiger partial charge in [-0.2, -0.15) is 0 Å². The zero-order chi connectivity index (χ0) is 13.1. The van der Waals surface area contributed by atoms with Crippen LogP contribution < -0.4 is 0 Å². The molecule has 4 nitrogen and oxygen atoms in total. The zero-order valence-electron chi connectivity index (χ0n) is 10.5. The van der Waals surface area contributed by atoms with Crippen LogP contribution >= 0.6 is 0 Å². The van der Waals surface area contributed by atoms with E-state index >= 15 is 0 Å². The van der Waals surface area contributed by atoms with E-state index in [4.69, 9.17) is 0 Å². The maximum atomic E-state index is 11.3. The van der Waals surface area contributed by atoms with Crippen molar-refractivity contribution < 1.29 is 19.8 Å². The molecule has 0 heterocycles. The number of rotatable bonds is 4. The molecular formula is C14H20O4. The predicted molar refractivity (Wildman–Crippen MR) is 66.2 cm³/mol. The highest BCUT2D eigenvalue weighted by Crippen LogP contribution is 2.42. The van der Waals surface area contributed by atoms with Crippen molar-refractivity contribution in [2.75, 3.05) is 0 Å². The Morgan fingerprint density at radius 1 is 0.722 bits per heavy atom. The highest BCUT2D eigenvalue weighted by molar-refractivity contribution is 6.13. The van der Waals surface area contributed by atoms with Gasteiger partial charge in [-0.1, -0.05) is 25.7 Å². The molecule has 0 bridgehead atoms. The molecule has 2 rings (SSSR count). The standard InChI is InChI=1S/C14H20O4/c15-13(16)12(14(17)18)11(9-5-1-2-6-9)10-7-3-4-8-10/h9-10H,1-8H2,(H,15,16)(H,17,18). The Balaban J connectivity index is 2.40. The van der Waals surface area contributed by atoms with E-state index in [-0.39, 0.29) is 17.4 Å². The average molecular weight is 252 g/mol. The Kier molecular flexibility index (Phi) is 4.04. The molecule has 2 N–H and O–H groups in total. The summed E-state index contributed by atoms with van der Waals surface area (Å²) >= 11 is 0. The van der Waals surface area contributed by atoms with Crippen LogP contribution in [0.2, 0.25) is 0 Å². The summed E-state index contributed by atoms with van der Waals surface area (Å²) < 4.78 is 0. The Hall–Kier alpha value is -1.32. The van der Waals surface area contributed by atoms with Gasteiger partial charge >= 0.3 is 11.9 Å². The first-order chi connectivity index (χ1) is 8.61. The summed E-state index contributed by atoms with van der Waals surface area (Å²) in [5.41, 5.74) is 0.402. The second-order valence-electron chi connectivity index (χ2n) is 5.40. The molecule has 0 saturated heterocycles. The summed E-state index contributed by atoms with van der Waals surface area (Å²) in [6.45, 7) is 0. The number of carbonyl (C=O) groups is 2. The lowest BCUT2D eigenvalue weighted by Crippen LogP contribution is -2.21. The number of carboxylic acid groups (broad SMARTS) is 2. The lowest BCUT2D eigenvalue weighted by molar-refractivity contribution is -0.140. The predicted octanol–water partition coefficient (Wildman–Crippen LogP) is 2.83. The van der Waals surface area contributed by atoms with Gasteiger partial charge in [0.25, 0.3) is 0 Å². The lowest BCUT2D eigenvalue weighted by atomic mass is 9.82. The van der Waals surface area contributed by atoms with Gasteiger partial charge in [-0.15, -0.1) is 0 Å². The van der Waals surface area contributed by atoms with Gasteiger partial charge in [0.1, 0.15) is 5.57 Å². The molecule has 2 aliphatic carbocycles. The Labute approximate surface area is 107 Å². The molecule has 0 amide bonds. The smallest absolute Gasteiger partial charge is 0.343 e. The van der Waals surface area contributed by atoms with Crippen LogP contribution in [0.1, 0.15) is 51.4 Å². The lowest BCUT2D eigenvalue weighted by Gasteiger charge is -2.22. The molecule has 100 valence electrons. The van der Waals surface area contributed by atoms with Crippen LogP contribution in [-0.2, 0) is 9.59 Å². The molecule has 18 heavy (non-hydrogen) atoms. The Bertz CT molecular complexity index is 337. The molecule has 0 aromatic heterocycles. The number of aliphatic carboxylic acids is 2. The normalized spacial score (nSPS) is 21.1.